The van der Waals surface area contributed by atoms with Gasteiger partial charge in [-0.2, -0.15) is 13.2 Å². The fourth-order valence-corrected chi connectivity index (χ4v) is 4.12. The Bertz CT molecular complexity index is 950. The Kier molecular flexibility index (Phi) is 4.09. The van der Waals surface area contributed by atoms with Gasteiger partial charge in [0.25, 0.3) is 5.56 Å². The second-order valence-electron chi connectivity index (χ2n) is 7.27. The summed E-state index contributed by atoms with van der Waals surface area (Å²) in [7, 11) is 0. The number of hydrogen-bond acceptors (Lipinski definition) is 3. The highest BCUT2D eigenvalue weighted by Crippen LogP contribution is 2.36. The van der Waals surface area contributed by atoms with Crippen molar-refractivity contribution in [3.05, 3.63) is 52.2 Å². The highest BCUT2D eigenvalue weighted by molar-refractivity contribution is 5.73. The standard InChI is InChI=1S/C19H18F3N3O2/c1-11(26)24-8-12-4-15(10-24)16-5-14(6-18(27)25(16)9-12)13-2-3-17(23-7-13)19(20,21)22/h2-3,5-7,12,15H,4,8-10H2,1H3/t12-,15+/m0/s1. The lowest BCUT2D eigenvalue weighted by Gasteiger charge is -2.42. The Morgan fingerprint density at radius 3 is 2.56 bits per heavy atom. The second kappa shape index (κ2) is 6.21. The molecular formula is C19H18F3N3O2. The van der Waals surface area contributed by atoms with Crippen LogP contribution in [0, 0.1) is 5.92 Å². The van der Waals surface area contributed by atoms with Crippen molar-refractivity contribution in [1.82, 2.24) is 14.5 Å². The van der Waals surface area contributed by atoms with Gasteiger partial charge in [-0.3, -0.25) is 14.6 Å². The number of fused-ring (bicyclic) bond motifs is 4. The Hall–Kier alpha value is -2.64. The highest BCUT2D eigenvalue weighted by atomic mass is 19.4. The molecule has 0 aliphatic carbocycles. The molecule has 0 radical (unpaired) electrons. The molecule has 0 N–H and O–H groups in total. The number of aromatic nitrogens is 2. The molecule has 0 spiro atoms. The van der Waals surface area contributed by atoms with Crippen molar-refractivity contribution in [3.8, 4) is 11.1 Å². The van der Waals surface area contributed by atoms with Gasteiger partial charge >= 0.3 is 6.18 Å². The first-order chi connectivity index (χ1) is 12.7. The molecule has 2 aliphatic heterocycles. The average Bonchev–Trinajstić information content (AvgIpc) is 2.61. The number of halogens is 3. The third-order valence-electron chi connectivity index (χ3n) is 5.39. The monoisotopic (exact) mass is 377 g/mol. The van der Waals surface area contributed by atoms with Crippen molar-refractivity contribution in [2.75, 3.05) is 13.1 Å². The van der Waals surface area contributed by atoms with Gasteiger partial charge in [0.2, 0.25) is 5.91 Å². The Morgan fingerprint density at radius 2 is 1.93 bits per heavy atom. The molecule has 4 rings (SSSR count). The van der Waals surface area contributed by atoms with Crippen molar-refractivity contribution >= 4 is 5.91 Å². The highest BCUT2D eigenvalue weighted by Gasteiger charge is 2.36. The zero-order chi connectivity index (χ0) is 19.3. The number of alkyl halides is 3. The van der Waals surface area contributed by atoms with Crippen molar-refractivity contribution < 1.29 is 18.0 Å². The predicted octanol–water partition coefficient (Wildman–Crippen LogP) is 2.89. The minimum Gasteiger partial charge on any atom is -0.342 e. The number of rotatable bonds is 1. The zero-order valence-electron chi connectivity index (χ0n) is 14.7. The van der Waals surface area contributed by atoms with E-state index in [0.717, 1.165) is 24.4 Å². The number of amides is 1. The van der Waals surface area contributed by atoms with E-state index in [0.29, 0.717) is 30.8 Å². The van der Waals surface area contributed by atoms with Gasteiger partial charge in [-0.05, 0) is 30.0 Å². The van der Waals surface area contributed by atoms with Crippen LogP contribution in [0.15, 0.2) is 35.3 Å². The van der Waals surface area contributed by atoms with Crippen LogP contribution in [0.4, 0.5) is 13.2 Å². The summed E-state index contributed by atoms with van der Waals surface area (Å²) in [5.74, 6) is 0.316. The Balaban J connectivity index is 1.72. The maximum Gasteiger partial charge on any atom is 0.433 e. The van der Waals surface area contributed by atoms with E-state index in [9.17, 15) is 22.8 Å². The quantitative estimate of drug-likeness (QED) is 0.768. The fraction of sp³-hybridized carbons (Fsp3) is 0.421. The van der Waals surface area contributed by atoms with Gasteiger partial charge in [-0.25, -0.2) is 0 Å². The molecule has 8 heteroatoms. The molecule has 27 heavy (non-hydrogen) atoms. The molecule has 5 nitrogen and oxygen atoms in total. The third kappa shape index (κ3) is 3.24. The third-order valence-corrected chi connectivity index (χ3v) is 5.39. The molecule has 0 aromatic carbocycles. The molecule has 2 aromatic heterocycles. The topological polar surface area (TPSA) is 55.2 Å². The molecular weight excluding hydrogens is 359 g/mol. The van der Waals surface area contributed by atoms with Crippen molar-refractivity contribution in [3.63, 3.8) is 0 Å². The first kappa shape index (κ1) is 17.8. The van der Waals surface area contributed by atoms with Gasteiger partial charge in [0.05, 0.1) is 0 Å². The molecule has 1 amide bonds. The number of hydrogen-bond donors (Lipinski definition) is 0. The normalized spacial score (nSPS) is 21.7. The summed E-state index contributed by atoms with van der Waals surface area (Å²) in [4.78, 5) is 29.7. The lowest BCUT2D eigenvalue weighted by molar-refractivity contribution is -0.141. The first-order valence-electron chi connectivity index (χ1n) is 8.76. The van der Waals surface area contributed by atoms with Crippen LogP contribution in [-0.4, -0.2) is 33.4 Å². The van der Waals surface area contributed by atoms with Gasteiger partial charge in [-0.15, -0.1) is 0 Å². The number of pyridine rings is 2. The summed E-state index contributed by atoms with van der Waals surface area (Å²) in [5.41, 5.74) is 0.705. The number of nitrogens with zero attached hydrogens (tertiary/aromatic N) is 3. The second-order valence-corrected chi connectivity index (χ2v) is 7.27. The maximum absolute atomic E-state index is 12.7. The largest absolute Gasteiger partial charge is 0.433 e. The zero-order valence-corrected chi connectivity index (χ0v) is 14.7. The van der Waals surface area contributed by atoms with E-state index in [-0.39, 0.29) is 23.3 Å². The summed E-state index contributed by atoms with van der Waals surface area (Å²) < 4.78 is 39.8. The minimum absolute atomic E-state index is 0.0172. The van der Waals surface area contributed by atoms with Crippen LogP contribution in [0.3, 0.4) is 0 Å². The van der Waals surface area contributed by atoms with E-state index in [4.69, 9.17) is 0 Å². The van der Waals surface area contributed by atoms with E-state index < -0.39 is 11.9 Å². The molecule has 0 unspecified atom stereocenters. The molecule has 2 bridgehead atoms. The first-order valence-corrected chi connectivity index (χ1v) is 8.76. The molecule has 4 heterocycles. The van der Waals surface area contributed by atoms with Crippen LogP contribution >= 0.6 is 0 Å². The van der Waals surface area contributed by atoms with Gasteiger partial charge in [0.1, 0.15) is 5.69 Å². The number of piperidine rings is 1. The maximum atomic E-state index is 12.7. The lowest BCUT2D eigenvalue weighted by atomic mass is 9.82. The molecule has 2 aliphatic rings. The number of carbonyl (C=O) groups excluding carboxylic acids is 1. The van der Waals surface area contributed by atoms with Gasteiger partial charge < -0.3 is 9.47 Å². The van der Waals surface area contributed by atoms with E-state index in [2.05, 4.69) is 4.98 Å². The lowest BCUT2D eigenvalue weighted by Crippen LogP contribution is -2.48. The molecule has 0 saturated carbocycles. The Labute approximate surface area is 153 Å². The number of likely N-dealkylation sites (tertiary alicyclic amines) is 1. The molecule has 2 aromatic rings. The summed E-state index contributed by atoms with van der Waals surface area (Å²) >= 11 is 0. The summed E-state index contributed by atoms with van der Waals surface area (Å²) in [5, 5.41) is 0. The molecule has 2 atom stereocenters. The van der Waals surface area contributed by atoms with Crippen LogP contribution in [0.1, 0.15) is 30.7 Å². The predicted molar refractivity (Wildman–Crippen MR) is 92.0 cm³/mol. The van der Waals surface area contributed by atoms with Crippen LogP contribution in [0.25, 0.3) is 11.1 Å². The molecule has 142 valence electrons. The minimum atomic E-state index is -4.50. The van der Waals surface area contributed by atoms with Crippen LogP contribution in [-0.2, 0) is 17.5 Å². The van der Waals surface area contributed by atoms with E-state index in [1.165, 1.54) is 12.1 Å². The smallest absolute Gasteiger partial charge is 0.342 e. The Morgan fingerprint density at radius 1 is 1.15 bits per heavy atom. The molecule has 1 fully saturated rings. The van der Waals surface area contributed by atoms with Crippen molar-refractivity contribution in [2.24, 2.45) is 5.92 Å². The van der Waals surface area contributed by atoms with Crippen molar-refractivity contribution in [2.45, 2.75) is 32.0 Å². The van der Waals surface area contributed by atoms with E-state index >= 15 is 0 Å². The van der Waals surface area contributed by atoms with E-state index in [1.54, 1.807) is 16.4 Å². The summed E-state index contributed by atoms with van der Waals surface area (Å²) in [6.07, 6.45) is -2.46. The van der Waals surface area contributed by atoms with Gasteiger partial charge in [0, 0.05) is 56.0 Å². The molecule has 1 saturated heterocycles. The van der Waals surface area contributed by atoms with Crippen LogP contribution in [0.2, 0.25) is 0 Å². The fourth-order valence-electron chi connectivity index (χ4n) is 4.12. The van der Waals surface area contributed by atoms with Gasteiger partial charge in [0.15, 0.2) is 0 Å². The SMILES string of the molecule is CC(=O)N1C[C@@H]2C[C@H](C1)c1cc(-c3ccc(C(F)(F)F)nc3)cc(=O)n1C2. The summed E-state index contributed by atoms with van der Waals surface area (Å²) in [6.45, 7) is 3.31. The number of carbonyl (C=O) groups is 1. The van der Waals surface area contributed by atoms with Crippen LogP contribution in [0.5, 0.6) is 0 Å². The van der Waals surface area contributed by atoms with Crippen LogP contribution < -0.4 is 5.56 Å². The summed E-state index contributed by atoms with van der Waals surface area (Å²) in [6, 6.07) is 5.53. The average molecular weight is 377 g/mol. The van der Waals surface area contributed by atoms with Crippen molar-refractivity contribution in [1.29, 1.82) is 0 Å². The van der Waals surface area contributed by atoms with Gasteiger partial charge in [-0.1, -0.05) is 6.07 Å². The van der Waals surface area contributed by atoms with E-state index in [1.807, 2.05) is 6.07 Å².